The summed E-state index contributed by atoms with van der Waals surface area (Å²) in [4.78, 5) is 0. The predicted molar refractivity (Wildman–Crippen MR) is 44.8 cm³/mol. The van der Waals surface area contributed by atoms with Gasteiger partial charge in [0, 0.05) is 12.5 Å². The van der Waals surface area contributed by atoms with Gasteiger partial charge in [-0.25, -0.2) is 8.78 Å². The maximum absolute atomic E-state index is 12.0. The van der Waals surface area contributed by atoms with E-state index in [9.17, 15) is 8.78 Å². The molecule has 2 atom stereocenters. The second-order valence-corrected chi connectivity index (χ2v) is 2.86. The molecule has 2 N–H and O–H groups in total. The monoisotopic (exact) mass is 201 g/mol. The molecule has 0 aliphatic carbocycles. The fraction of sp³-hybridized carbons (Fsp3) is 1.00. The minimum Gasteiger partial charge on any atom is -0.376 e. The lowest BCUT2D eigenvalue weighted by atomic mass is 9.99. The van der Waals surface area contributed by atoms with Crippen LogP contribution in [0.5, 0.6) is 0 Å². The fourth-order valence-electron chi connectivity index (χ4n) is 1.21. The van der Waals surface area contributed by atoms with E-state index >= 15 is 0 Å². The van der Waals surface area contributed by atoms with Gasteiger partial charge in [-0.05, 0) is 12.8 Å². The zero-order chi connectivity index (χ0) is 8.27. The average Bonchev–Trinajstić information content (AvgIpc) is 2.05. The summed E-state index contributed by atoms with van der Waals surface area (Å²) in [6.07, 6.45) is -1.02. The number of hydrogen-bond donors (Lipinski definition) is 1. The summed E-state index contributed by atoms with van der Waals surface area (Å²) in [5, 5.41) is 0. The van der Waals surface area contributed by atoms with Gasteiger partial charge in [-0.15, -0.1) is 12.4 Å². The molecule has 5 heteroatoms. The fourth-order valence-corrected chi connectivity index (χ4v) is 1.21. The second kappa shape index (κ2) is 5.67. The number of alkyl halides is 2. The largest absolute Gasteiger partial charge is 0.376 e. The highest BCUT2D eigenvalue weighted by molar-refractivity contribution is 5.85. The van der Waals surface area contributed by atoms with Gasteiger partial charge in [0.15, 0.2) is 0 Å². The van der Waals surface area contributed by atoms with E-state index in [4.69, 9.17) is 10.5 Å². The van der Waals surface area contributed by atoms with E-state index < -0.39 is 12.3 Å². The van der Waals surface area contributed by atoms with Gasteiger partial charge < -0.3 is 10.5 Å². The Hall–Kier alpha value is 0.0700. The summed E-state index contributed by atoms with van der Waals surface area (Å²) in [6.45, 7) is 0.607. The van der Waals surface area contributed by atoms with Crippen molar-refractivity contribution in [3.8, 4) is 0 Å². The summed E-state index contributed by atoms with van der Waals surface area (Å²) in [6, 6.07) is 0. The maximum Gasteiger partial charge on any atom is 0.243 e. The van der Waals surface area contributed by atoms with Crippen LogP contribution in [0.2, 0.25) is 0 Å². The van der Waals surface area contributed by atoms with Gasteiger partial charge in [0.2, 0.25) is 6.43 Å². The van der Waals surface area contributed by atoms with Crippen molar-refractivity contribution in [3.63, 3.8) is 0 Å². The van der Waals surface area contributed by atoms with Crippen molar-refractivity contribution in [2.24, 2.45) is 11.7 Å². The first kappa shape index (κ1) is 12.1. The van der Waals surface area contributed by atoms with E-state index in [1.807, 2.05) is 0 Å². The molecule has 1 rings (SSSR count). The summed E-state index contributed by atoms with van der Waals surface area (Å²) in [5.74, 6) is -0.571. The van der Waals surface area contributed by atoms with Crippen LogP contribution in [-0.2, 0) is 4.74 Å². The third-order valence-corrected chi connectivity index (χ3v) is 2.02. The predicted octanol–water partition coefficient (Wildman–Crippen LogP) is 1.43. The molecule has 0 saturated carbocycles. The van der Waals surface area contributed by atoms with Crippen LogP contribution in [0.25, 0.3) is 0 Å². The summed E-state index contributed by atoms with van der Waals surface area (Å²) < 4.78 is 29.2. The first-order chi connectivity index (χ1) is 5.24. The van der Waals surface area contributed by atoms with Crippen molar-refractivity contribution < 1.29 is 13.5 Å². The maximum atomic E-state index is 12.0. The molecule has 0 aromatic heterocycles. The van der Waals surface area contributed by atoms with E-state index in [0.717, 1.165) is 0 Å². The highest BCUT2D eigenvalue weighted by atomic mass is 35.5. The average molecular weight is 202 g/mol. The van der Waals surface area contributed by atoms with Crippen LogP contribution in [0.15, 0.2) is 0 Å². The Morgan fingerprint density at radius 2 is 2.08 bits per heavy atom. The Kier molecular flexibility index (Phi) is 5.70. The minimum absolute atomic E-state index is 0. The van der Waals surface area contributed by atoms with E-state index in [0.29, 0.717) is 19.4 Å². The number of ether oxygens (including phenoxy) is 1. The minimum atomic E-state index is -2.24. The summed E-state index contributed by atoms with van der Waals surface area (Å²) in [7, 11) is 0. The molecular weight excluding hydrogens is 188 g/mol. The SMILES string of the molecule is Cl.NC[C@@H]1CC[C@@H](C(F)F)CO1. The molecule has 1 aliphatic heterocycles. The Balaban J connectivity index is 0.00000121. The Morgan fingerprint density at radius 3 is 2.42 bits per heavy atom. The molecule has 1 heterocycles. The third-order valence-electron chi connectivity index (χ3n) is 2.02. The van der Waals surface area contributed by atoms with Crippen molar-refractivity contribution in [2.45, 2.75) is 25.4 Å². The zero-order valence-electron chi connectivity index (χ0n) is 6.71. The molecule has 0 amide bonds. The van der Waals surface area contributed by atoms with Gasteiger partial charge in [0.05, 0.1) is 12.7 Å². The van der Waals surface area contributed by atoms with Crippen LogP contribution in [-0.4, -0.2) is 25.7 Å². The lowest BCUT2D eigenvalue weighted by Crippen LogP contribution is -2.34. The quantitative estimate of drug-likeness (QED) is 0.734. The smallest absolute Gasteiger partial charge is 0.243 e. The number of rotatable bonds is 2. The number of halogens is 3. The molecule has 2 nitrogen and oxygen atoms in total. The van der Waals surface area contributed by atoms with Gasteiger partial charge in [-0.3, -0.25) is 0 Å². The topological polar surface area (TPSA) is 35.2 Å². The van der Waals surface area contributed by atoms with Gasteiger partial charge in [0.25, 0.3) is 0 Å². The number of hydrogen-bond acceptors (Lipinski definition) is 2. The van der Waals surface area contributed by atoms with Crippen LogP contribution in [0.4, 0.5) is 8.78 Å². The first-order valence-electron chi connectivity index (χ1n) is 3.84. The lowest BCUT2D eigenvalue weighted by Gasteiger charge is -2.27. The molecule has 12 heavy (non-hydrogen) atoms. The van der Waals surface area contributed by atoms with Gasteiger partial charge in [-0.2, -0.15) is 0 Å². The second-order valence-electron chi connectivity index (χ2n) is 2.86. The standard InChI is InChI=1S/C7H13F2NO.ClH/c8-7(9)5-1-2-6(3-10)11-4-5;/h5-7H,1-4,10H2;1H/t5-,6+;/m1./s1. The molecule has 0 unspecified atom stereocenters. The number of nitrogens with two attached hydrogens (primary N) is 1. The van der Waals surface area contributed by atoms with Gasteiger partial charge >= 0.3 is 0 Å². The van der Waals surface area contributed by atoms with Crippen molar-refractivity contribution in [1.82, 2.24) is 0 Å². The lowest BCUT2D eigenvalue weighted by molar-refractivity contribution is -0.0616. The molecule has 0 radical (unpaired) electrons. The van der Waals surface area contributed by atoms with Crippen LogP contribution in [0, 0.1) is 5.92 Å². The normalized spacial score (nSPS) is 30.0. The molecule has 0 spiro atoms. The van der Waals surface area contributed by atoms with E-state index in [-0.39, 0.29) is 25.1 Å². The Morgan fingerprint density at radius 1 is 1.42 bits per heavy atom. The van der Waals surface area contributed by atoms with Crippen molar-refractivity contribution in [2.75, 3.05) is 13.2 Å². The Labute approximate surface area is 76.9 Å². The molecular formula is C7H14ClF2NO. The third kappa shape index (κ3) is 3.21. The van der Waals surface area contributed by atoms with Crippen molar-refractivity contribution in [3.05, 3.63) is 0 Å². The van der Waals surface area contributed by atoms with Crippen LogP contribution in [0.1, 0.15) is 12.8 Å². The zero-order valence-corrected chi connectivity index (χ0v) is 7.53. The molecule has 1 aliphatic rings. The molecule has 1 saturated heterocycles. The van der Waals surface area contributed by atoms with E-state index in [1.54, 1.807) is 0 Å². The van der Waals surface area contributed by atoms with Gasteiger partial charge in [-0.1, -0.05) is 0 Å². The van der Waals surface area contributed by atoms with Crippen LogP contribution < -0.4 is 5.73 Å². The van der Waals surface area contributed by atoms with Crippen LogP contribution >= 0.6 is 12.4 Å². The summed E-state index contributed by atoms with van der Waals surface area (Å²) >= 11 is 0. The molecule has 0 bridgehead atoms. The van der Waals surface area contributed by atoms with Crippen molar-refractivity contribution in [1.29, 1.82) is 0 Å². The first-order valence-corrected chi connectivity index (χ1v) is 3.84. The van der Waals surface area contributed by atoms with E-state index in [1.165, 1.54) is 0 Å². The van der Waals surface area contributed by atoms with Crippen molar-refractivity contribution >= 4 is 12.4 Å². The van der Waals surface area contributed by atoms with Gasteiger partial charge in [0.1, 0.15) is 0 Å². The van der Waals surface area contributed by atoms with Crippen LogP contribution in [0.3, 0.4) is 0 Å². The molecule has 0 aromatic carbocycles. The molecule has 1 fully saturated rings. The Bertz CT molecular complexity index is 118. The highest BCUT2D eigenvalue weighted by Crippen LogP contribution is 2.23. The summed E-state index contributed by atoms with van der Waals surface area (Å²) in [5.41, 5.74) is 5.31. The molecule has 0 aromatic rings. The van der Waals surface area contributed by atoms with E-state index in [2.05, 4.69) is 0 Å². The molecule has 74 valence electrons. The highest BCUT2D eigenvalue weighted by Gasteiger charge is 2.27.